The third-order valence-electron chi connectivity index (χ3n) is 4.22. The Kier molecular flexibility index (Phi) is 8.20. The first kappa shape index (κ1) is 22.1. The van der Waals surface area contributed by atoms with Crippen LogP contribution in [0.15, 0.2) is 84.9 Å². The predicted octanol–water partition coefficient (Wildman–Crippen LogP) is 4.98. The second-order valence-electron chi connectivity index (χ2n) is 6.72. The maximum atomic E-state index is 12.0. The van der Waals surface area contributed by atoms with Crippen LogP contribution in [0.25, 0.3) is 6.08 Å². The van der Waals surface area contributed by atoms with Crippen LogP contribution in [0.3, 0.4) is 0 Å². The van der Waals surface area contributed by atoms with Gasteiger partial charge in [0.2, 0.25) is 5.91 Å². The fourth-order valence-electron chi connectivity index (χ4n) is 2.64. The summed E-state index contributed by atoms with van der Waals surface area (Å²) >= 11 is 5.20. The molecule has 0 aliphatic carbocycles. The molecule has 0 heterocycles. The Hall–Kier alpha value is -3.64. The number of thiocarbonyl (C=S) groups is 1. The number of benzene rings is 3. The minimum atomic E-state index is -0.295. The number of carbonyl (C=O) groups excluding carboxylic acids is 1. The molecule has 1 amide bonds. The molecule has 3 aromatic carbocycles. The number of hydrogen-bond donors (Lipinski definition) is 2. The number of anilines is 1. The number of nitrogens with one attached hydrogen (secondary N) is 2. The summed E-state index contributed by atoms with van der Waals surface area (Å²) in [5.74, 6) is 1.24. The van der Waals surface area contributed by atoms with E-state index < -0.39 is 0 Å². The molecule has 0 saturated carbocycles. The van der Waals surface area contributed by atoms with Crippen molar-refractivity contribution in [3.05, 3.63) is 96.1 Å². The lowest BCUT2D eigenvalue weighted by Crippen LogP contribution is -2.32. The van der Waals surface area contributed by atoms with Crippen molar-refractivity contribution >= 4 is 35.0 Å². The Morgan fingerprint density at radius 3 is 2.13 bits per heavy atom. The van der Waals surface area contributed by atoms with Gasteiger partial charge in [-0.3, -0.25) is 10.1 Å². The van der Waals surface area contributed by atoms with E-state index in [4.69, 9.17) is 21.7 Å². The van der Waals surface area contributed by atoms with E-state index in [0.717, 1.165) is 22.7 Å². The number of carbonyl (C=O) groups is 1. The third-order valence-corrected chi connectivity index (χ3v) is 4.42. The molecule has 0 unspecified atom stereocenters. The fourth-order valence-corrected chi connectivity index (χ4v) is 2.85. The molecule has 3 rings (SSSR count). The molecule has 6 heteroatoms. The van der Waals surface area contributed by atoms with E-state index in [1.165, 1.54) is 11.6 Å². The SMILES string of the molecule is Cc1ccc(/C=C/C(=O)NC(=S)Nc2ccc(OCCOc3ccccc3)cc2)cc1. The molecule has 31 heavy (non-hydrogen) atoms. The van der Waals surface area contributed by atoms with Gasteiger partial charge < -0.3 is 14.8 Å². The van der Waals surface area contributed by atoms with Crippen LogP contribution < -0.4 is 20.1 Å². The molecule has 0 aliphatic rings. The molecule has 158 valence electrons. The average Bonchev–Trinajstić information content (AvgIpc) is 2.78. The molecule has 0 bridgehead atoms. The molecule has 0 aliphatic heterocycles. The predicted molar refractivity (Wildman–Crippen MR) is 128 cm³/mol. The van der Waals surface area contributed by atoms with Crippen LogP contribution >= 0.6 is 12.2 Å². The second kappa shape index (κ2) is 11.5. The van der Waals surface area contributed by atoms with Gasteiger partial charge in [0, 0.05) is 11.8 Å². The van der Waals surface area contributed by atoms with Crippen LogP contribution in [-0.4, -0.2) is 24.2 Å². The van der Waals surface area contributed by atoms with E-state index in [9.17, 15) is 4.79 Å². The largest absolute Gasteiger partial charge is 0.490 e. The van der Waals surface area contributed by atoms with E-state index in [1.54, 1.807) is 6.08 Å². The molecule has 0 fully saturated rings. The standard InChI is InChI=1S/C25H24N2O3S/c1-19-7-9-20(10-8-19)11-16-24(28)27-25(31)26-21-12-14-23(15-13-21)30-18-17-29-22-5-3-2-4-6-22/h2-16H,17-18H2,1H3,(H2,26,27,28,31)/b16-11+. The van der Waals surface area contributed by atoms with E-state index in [0.29, 0.717) is 13.2 Å². The molecule has 3 aromatic rings. The average molecular weight is 433 g/mol. The first-order chi connectivity index (χ1) is 15.1. The number of aryl methyl sites for hydroxylation is 1. The van der Waals surface area contributed by atoms with E-state index in [-0.39, 0.29) is 11.0 Å². The number of amides is 1. The first-order valence-corrected chi connectivity index (χ1v) is 10.3. The van der Waals surface area contributed by atoms with Gasteiger partial charge >= 0.3 is 0 Å². The number of hydrogen-bond acceptors (Lipinski definition) is 4. The van der Waals surface area contributed by atoms with Crippen molar-refractivity contribution in [1.82, 2.24) is 5.32 Å². The molecular weight excluding hydrogens is 408 g/mol. The van der Waals surface area contributed by atoms with Gasteiger partial charge in [-0.25, -0.2) is 0 Å². The zero-order valence-electron chi connectivity index (χ0n) is 17.2. The van der Waals surface area contributed by atoms with Gasteiger partial charge in [0.1, 0.15) is 24.7 Å². The van der Waals surface area contributed by atoms with Crippen molar-refractivity contribution < 1.29 is 14.3 Å². The molecule has 5 nitrogen and oxygen atoms in total. The number of rotatable bonds is 8. The quantitative estimate of drug-likeness (QED) is 0.299. The van der Waals surface area contributed by atoms with E-state index in [2.05, 4.69) is 10.6 Å². The van der Waals surface area contributed by atoms with Crippen LogP contribution in [0.5, 0.6) is 11.5 Å². The van der Waals surface area contributed by atoms with Crippen molar-refractivity contribution in [3.8, 4) is 11.5 Å². The highest BCUT2D eigenvalue weighted by Gasteiger charge is 2.03. The second-order valence-corrected chi connectivity index (χ2v) is 7.13. The summed E-state index contributed by atoms with van der Waals surface area (Å²) in [6, 6.07) is 24.8. The minimum Gasteiger partial charge on any atom is -0.490 e. The zero-order chi connectivity index (χ0) is 21.9. The third kappa shape index (κ3) is 7.95. The lowest BCUT2D eigenvalue weighted by molar-refractivity contribution is -0.115. The van der Waals surface area contributed by atoms with Crippen LogP contribution in [0.2, 0.25) is 0 Å². The molecule has 0 radical (unpaired) electrons. The summed E-state index contributed by atoms with van der Waals surface area (Å²) in [6.07, 6.45) is 3.19. The summed E-state index contributed by atoms with van der Waals surface area (Å²) in [5.41, 5.74) is 2.87. The summed E-state index contributed by atoms with van der Waals surface area (Å²) in [6.45, 7) is 2.91. The Bertz CT molecular complexity index is 1020. The van der Waals surface area contributed by atoms with E-state index in [1.807, 2.05) is 85.8 Å². The molecule has 0 atom stereocenters. The smallest absolute Gasteiger partial charge is 0.250 e. The lowest BCUT2D eigenvalue weighted by Gasteiger charge is -2.10. The van der Waals surface area contributed by atoms with Crippen LogP contribution in [0.4, 0.5) is 5.69 Å². The van der Waals surface area contributed by atoms with Crippen LogP contribution in [0.1, 0.15) is 11.1 Å². The summed E-state index contributed by atoms with van der Waals surface area (Å²) in [4.78, 5) is 12.0. The Labute approximate surface area is 187 Å². The van der Waals surface area contributed by atoms with Gasteiger partial charge in [0.25, 0.3) is 0 Å². The molecule has 0 spiro atoms. The Balaban J connectivity index is 1.38. The van der Waals surface area contributed by atoms with Gasteiger partial charge in [-0.05, 0) is 67.2 Å². The molecule has 2 N–H and O–H groups in total. The van der Waals surface area contributed by atoms with Crippen LogP contribution in [0, 0.1) is 6.92 Å². The highest BCUT2D eigenvalue weighted by Crippen LogP contribution is 2.16. The highest BCUT2D eigenvalue weighted by atomic mass is 32.1. The number of ether oxygens (including phenoxy) is 2. The first-order valence-electron chi connectivity index (χ1n) is 9.86. The summed E-state index contributed by atoms with van der Waals surface area (Å²) in [5, 5.41) is 5.83. The van der Waals surface area contributed by atoms with Crippen molar-refractivity contribution in [1.29, 1.82) is 0 Å². The summed E-state index contributed by atoms with van der Waals surface area (Å²) in [7, 11) is 0. The normalized spacial score (nSPS) is 10.5. The fraction of sp³-hybridized carbons (Fsp3) is 0.120. The minimum absolute atomic E-state index is 0.225. The van der Waals surface area contributed by atoms with Crippen molar-refractivity contribution in [2.45, 2.75) is 6.92 Å². The Morgan fingerprint density at radius 2 is 1.48 bits per heavy atom. The maximum Gasteiger partial charge on any atom is 0.250 e. The van der Waals surface area contributed by atoms with Crippen molar-refractivity contribution in [2.75, 3.05) is 18.5 Å². The van der Waals surface area contributed by atoms with Gasteiger partial charge in [-0.15, -0.1) is 0 Å². The van der Waals surface area contributed by atoms with Gasteiger partial charge in [0.05, 0.1) is 0 Å². The molecular formula is C25H24N2O3S. The monoisotopic (exact) mass is 432 g/mol. The van der Waals surface area contributed by atoms with Gasteiger partial charge in [-0.1, -0.05) is 48.0 Å². The van der Waals surface area contributed by atoms with Gasteiger partial charge in [-0.2, -0.15) is 0 Å². The lowest BCUT2D eigenvalue weighted by atomic mass is 10.1. The Morgan fingerprint density at radius 1 is 0.871 bits per heavy atom. The topological polar surface area (TPSA) is 59.6 Å². The summed E-state index contributed by atoms with van der Waals surface area (Å²) < 4.78 is 11.3. The van der Waals surface area contributed by atoms with Crippen molar-refractivity contribution in [3.63, 3.8) is 0 Å². The van der Waals surface area contributed by atoms with E-state index >= 15 is 0 Å². The maximum absolute atomic E-state index is 12.0. The molecule has 0 aromatic heterocycles. The van der Waals surface area contributed by atoms with Crippen molar-refractivity contribution in [2.24, 2.45) is 0 Å². The highest BCUT2D eigenvalue weighted by molar-refractivity contribution is 7.80. The zero-order valence-corrected chi connectivity index (χ0v) is 18.0. The molecule has 0 saturated heterocycles. The van der Waals surface area contributed by atoms with Gasteiger partial charge in [0.15, 0.2) is 5.11 Å². The number of para-hydroxylation sites is 1. The van der Waals surface area contributed by atoms with Crippen LogP contribution in [-0.2, 0) is 4.79 Å².